The van der Waals surface area contributed by atoms with Crippen molar-refractivity contribution in [3.05, 3.63) is 59.5 Å². The molecule has 0 saturated carbocycles. The quantitative estimate of drug-likeness (QED) is 0.665. The molecule has 0 unspecified atom stereocenters. The van der Waals surface area contributed by atoms with E-state index in [-0.39, 0.29) is 12.0 Å². The van der Waals surface area contributed by atoms with Crippen LogP contribution in [-0.4, -0.2) is 50.6 Å². The highest BCUT2D eigenvalue weighted by atomic mass is 16.7. The van der Waals surface area contributed by atoms with Crippen LogP contribution in [0.15, 0.2) is 42.5 Å². The van der Waals surface area contributed by atoms with Crippen LogP contribution in [0.25, 0.3) is 10.9 Å². The second kappa shape index (κ2) is 7.57. The van der Waals surface area contributed by atoms with Gasteiger partial charge < -0.3 is 14.4 Å². The van der Waals surface area contributed by atoms with Crippen LogP contribution >= 0.6 is 0 Å². The number of hydrogen-bond acceptors (Lipinski definition) is 5. The first-order valence-electron chi connectivity index (χ1n) is 9.77. The summed E-state index contributed by atoms with van der Waals surface area (Å²) in [6, 6.07) is 13.5. The van der Waals surface area contributed by atoms with Gasteiger partial charge in [0.25, 0.3) is 5.91 Å². The number of ether oxygens (including phenoxy) is 2. The summed E-state index contributed by atoms with van der Waals surface area (Å²) in [5.74, 6) is -0.771. The average Bonchev–Trinajstić information content (AvgIpc) is 3.20. The molecule has 4 rings (SSSR count). The Morgan fingerprint density at radius 3 is 2.76 bits per heavy atom. The maximum Gasteiger partial charge on any atom is 0.272 e. The first-order valence-corrected chi connectivity index (χ1v) is 9.77. The minimum Gasteiger partial charge on any atom is -0.348 e. The van der Waals surface area contributed by atoms with Crippen molar-refractivity contribution >= 4 is 16.8 Å². The lowest BCUT2D eigenvalue weighted by Gasteiger charge is -2.26. The highest BCUT2D eigenvalue weighted by Crippen LogP contribution is 2.24. The Hall–Kier alpha value is -2.77. The fraction of sp³-hybridized carbons (Fsp3) is 0.409. The lowest BCUT2D eigenvalue weighted by molar-refractivity contribution is -0.139. The smallest absolute Gasteiger partial charge is 0.272 e. The maximum atomic E-state index is 13.4. The number of carbonyl (C=O) groups is 1. The molecule has 0 bridgehead atoms. The third-order valence-electron chi connectivity index (χ3n) is 5.05. The van der Waals surface area contributed by atoms with E-state index in [9.17, 15) is 4.79 Å². The molecule has 3 heterocycles. The van der Waals surface area contributed by atoms with Gasteiger partial charge in [-0.2, -0.15) is 5.10 Å². The van der Waals surface area contributed by atoms with Crippen molar-refractivity contribution in [1.82, 2.24) is 19.7 Å². The number of nitrogens with zero attached hydrogens (tertiary/aromatic N) is 4. The van der Waals surface area contributed by atoms with E-state index in [0.29, 0.717) is 25.4 Å². The Balaban J connectivity index is 1.62. The molecule has 7 heteroatoms. The normalized spacial score (nSPS) is 18.3. The summed E-state index contributed by atoms with van der Waals surface area (Å²) in [7, 11) is 1.89. The van der Waals surface area contributed by atoms with Gasteiger partial charge in [0.05, 0.1) is 36.6 Å². The van der Waals surface area contributed by atoms with Crippen LogP contribution in [0, 0.1) is 6.92 Å². The molecule has 1 aliphatic rings. The molecule has 1 amide bonds. The van der Waals surface area contributed by atoms with Gasteiger partial charge >= 0.3 is 0 Å². The zero-order chi connectivity index (χ0) is 20.6. The Morgan fingerprint density at radius 1 is 1.28 bits per heavy atom. The molecule has 1 aromatic carbocycles. The van der Waals surface area contributed by atoms with Crippen molar-refractivity contribution in [1.29, 1.82) is 0 Å². The number of carbonyl (C=O) groups excluding carboxylic acids is 1. The van der Waals surface area contributed by atoms with Gasteiger partial charge in [0.15, 0.2) is 5.79 Å². The van der Waals surface area contributed by atoms with Crippen LogP contribution in [0.5, 0.6) is 0 Å². The SMILES string of the molecule is Cc1cc(CN(C[C@H]2COC(C)(C)O2)C(=O)c2ccc3ccccc3n2)n(C)n1. The lowest BCUT2D eigenvalue weighted by Crippen LogP contribution is -2.39. The third kappa shape index (κ3) is 4.31. The molecule has 29 heavy (non-hydrogen) atoms. The summed E-state index contributed by atoms with van der Waals surface area (Å²) >= 11 is 0. The molecule has 2 aromatic heterocycles. The standard InChI is InChI=1S/C22H26N4O3/c1-15-11-17(25(4)24-15)12-26(13-18-14-28-22(2,3)29-18)21(27)20-10-9-16-7-5-6-8-19(16)23-20/h5-11,18H,12-14H2,1-4H3/t18-/m0/s1. The van der Waals surface area contributed by atoms with Crippen LogP contribution < -0.4 is 0 Å². The number of amides is 1. The molecule has 7 nitrogen and oxygen atoms in total. The second-order valence-corrected chi connectivity index (χ2v) is 7.93. The van der Waals surface area contributed by atoms with Crippen molar-refractivity contribution in [2.24, 2.45) is 7.05 Å². The highest BCUT2D eigenvalue weighted by molar-refractivity contribution is 5.94. The largest absolute Gasteiger partial charge is 0.348 e. The molecule has 3 aromatic rings. The van der Waals surface area contributed by atoms with Crippen molar-refractivity contribution in [2.75, 3.05) is 13.2 Å². The minimum atomic E-state index is -0.635. The molecular formula is C22H26N4O3. The van der Waals surface area contributed by atoms with Gasteiger partial charge in [-0.25, -0.2) is 4.98 Å². The summed E-state index contributed by atoms with van der Waals surface area (Å²) in [6.45, 7) is 7.00. The van der Waals surface area contributed by atoms with Crippen molar-refractivity contribution in [3.8, 4) is 0 Å². The van der Waals surface area contributed by atoms with Crippen molar-refractivity contribution in [3.63, 3.8) is 0 Å². The number of benzene rings is 1. The molecule has 0 aliphatic carbocycles. The average molecular weight is 394 g/mol. The van der Waals surface area contributed by atoms with Crippen LogP contribution in [0.2, 0.25) is 0 Å². The maximum absolute atomic E-state index is 13.4. The van der Waals surface area contributed by atoms with E-state index in [1.54, 1.807) is 15.6 Å². The van der Waals surface area contributed by atoms with Crippen molar-refractivity contribution < 1.29 is 14.3 Å². The van der Waals surface area contributed by atoms with Crippen LogP contribution in [-0.2, 0) is 23.1 Å². The summed E-state index contributed by atoms with van der Waals surface area (Å²) < 4.78 is 13.4. The Labute approximate surface area is 170 Å². The molecule has 0 radical (unpaired) electrons. The zero-order valence-corrected chi connectivity index (χ0v) is 17.3. The number of fused-ring (bicyclic) bond motifs is 1. The van der Waals surface area contributed by atoms with Crippen LogP contribution in [0.3, 0.4) is 0 Å². The second-order valence-electron chi connectivity index (χ2n) is 7.93. The number of para-hydroxylation sites is 1. The summed E-state index contributed by atoms with van der Waals surface area (Å²) in [5.41, 5.74) is 3.09. The zero-order valence-electron chi connectivity index (χ0n) is 17.3. The molecule has 1 saturated heterocycles. The molecule has 0 spiro atoms. The monoisotopic (exact) mass is 394 g/mol. The fourth-order valence-corrected chi connectivity index (χ4v) is 3.67. The van der Waals surface area contributed by atoms with Crippen LogP contribution in [0.1, 0.15) is 35.7 Å². The lowest BCUT2D eigenvalue weighted by atomic mass is 10.2. The number of hydrogen-bond donors (Lipinski definition) is 0. The summed E-state index contributed by atoms with van der Waals surface area (Å²) in [5, 5.41) is 5.41. The van der Waals surface area contributed by atoms with E-state index in [2.05, 4.69) is 10.1 Å². The number of rotatable bonds is 5. The summed E-state index contributed by atoms with van der Waals surface area (Å²) in [6.07, 6.45) is -0.191. The summed E-state index contributed by atoms with van der Waals surface area (Å²) in [4.78, 5) is 19.7. The van der Waals surface area contributed by atoms with E-state index >= 15 is 0 Å². The fourth-order valence-electron chi connectivity index (χ4n) is 3.67. The van der Waals surface area contributed by atoms with E-state index in [1.165, 1.54) is 0 Å². The molecule has 1 fully saturated rings. The Bertz CT molecular complexity index is 1040. The predicted molar refractivity (Wildman–Crippen MR) is 109 cm³/mol. The molecular weight excluding hydrogens is 368 g/mol. The van der Waals surface area contributed by atoms with Gasteiger partial charge in [-0.05, 0) is 39.0 Å². The number of pyridine rings is 1. The molecule has 1 atom stereocenters. The van der Waals surface area contributed by atoms with E-state index in [4.69, 9.17) is 9.47 Å². The first kappa shape index (κ1) is 19.5. The van der Waals surface area contributed by atoms with Crippen molar-refractivity contribution in [2.45, 2.75) is 39.2 Å². The van der Waals surface area contributed by atoms with Gasteiger partial charge in [0.2, 0.25) is 0 Å². The minimum absolute atomic E-state index is 0.136. The molecule has 0 N–H and O–H groups in total. The van der Waals surface area contributed by atoms with Gasteiger partial charge in [-0.3, -0.25) is 9.48 Å². The topological polar surface area (TPSA) is 69.5 Å². The first-order chi connectivity index (χ1) is 13.8. The van der Waals surface area contributed by atoms with Gasteiger partial charge in [-0.1, -0.05) is 24.3 Å². The van der Waals surface area contributed by atoms with Gasteiger partial charge in [0, 0.05) is 12.4 Å². The Morgan fingerprint density at radius 2 is 2.07 bits per heavy atom. The van der Waals surface area contributed by atoms with E-state index in [0.717, 1.165) is 22.3 Å². The predicted octanol–water partition coefficient (Wildman–Crippen LogP) is 3.07. The molecule has 1 aliphatic heterocycles. The third-order valence-corrected chi connectivity index (χ3v) is 5.05. The van der Waals surface area contributed by atoms with Gasteiger partial charge in [0.1, 0.15) is 11.8 Å². The number of aryl methyl sites for hydroxylation is 2. The highest BCUT2D eigenvalue weighted by Gasteiger charge is 2.35. The Kier molecular flexibility index (Phi) is 5.10. The van der Waals surface area contributed by atoms with E-state index < -0.39 is 5.79 Å². The molecule has 152 valence electrons. The van der Waals surface area contributed by atoms with Gasteiger partial charge in [-0.15, -0.1) is 0 Å². The number of aromatic nitrogens is 3. The van der Waals surface area contributed by atoms with Crippen LogP contribution in [0.4, 0.5) is 0 Å². The van der Waals surface area contributed by atoms with E-state index in [1.807, 2.05) is 64.2 Å².